The summed E-state index contributed by atoms with van der Waals surface area (Å²) in [6, 6.07) is 1.52. The van der Waals surface area contributed by atoms with E-state index < -0.39 is 24.4 Å². The molecule has 0 aromatic carbocycles. The highest BCUT2D eigenvalue weighted by Crippen LogP contribution is 2.48. The Morgan fingerprint density at radius 3 is 2.23 bits per heavy atom. The average Bonchev–Trinajstić information content (AvgIpc) is 2.61. The molecule has 3 fully saturated rings. The molecular weight excluding hydrogens is 399 g/mol. The first-order valence-corrected chi connectivity index (χ1v) is 10.1. The lowest BCUT2D eigenvalue weighted by atomic mass is 9.61. The molecule has 0 aliphatic heterocycles. The number of nitrogens with two attached hydrogens (primary N) is 1. The van der Waals surface area contributed by atoms with Gasteiger partial charge in [-0.05, 0) is 59.3 Å². The van der Waals surface area contributed by atoms with Gasteiger partial charge in [-0.3, -0.25) is 0 Å². The van der Waals surface area contributed by atoms with E-state index in [-0.39, 0.29) is 22.5 Å². The van der Waals surface area contributed by atoms with Gasteiger partial charge < -0.3 is 26.4 Å². The van der Waals surface area contributed by atoms with Gasteiger partial charge in [-0.15, -0.1) is 0 Å². The number of ether oxygens (including phenoxy) is 1. The number of hydrogen-bond donors (Lipinski definition) is 4. The van der Waals surface area contributed by atoms with Crippen molar-refractivity contribution in [2.45, 2.75) is 82.2 Å². The number of hydrogen-bond acceptors (Lipinski definition) is 6. The van der Waals surface area contributed by atoms with E-state index in [1.54, 1.807) is 0 Å². The fraction of sp³-hybridized carbons (Fsp3) is 0.700. The molecule has 30 heavy (non-hydrogen) atoms. The van der Waals surface area contributed by atoms with Crippen molar-refractivity contribution >= 4 is 23.3 Å². The minimum atomic E-state index is -4.33. The van der Waals surface area contributed by atoms with Crippen molar-refractivity contribution in [3.8, 4) is 0 Å². The first-order valence-electron chi connectivity index (χ1n) is 10.1. The van der Waals surface area contributed by atoms with Gasteiger partial charge in [-0.1, -0.05) is 0 Å². The minimum Gasteiger partial charge on any atom is -0.444 e. The lowest BCUT2D eigenvalue weighted by Crippen LogP contribution is -2.61. The van der Waals surface area contributed by atoms with E-state index in [0.29, 0.717) is 5.82 Å². The molecule has 7 nitrogen and oxygen atoms in total. The van der Waals surface area contributed by atoms with Crippen molar-refractivity contribution < 1.29 is 22.7 Å². The second kappa shape index (κ2) is 7.70. The number of amides is 1. The van der Waals surface area contributed by atoms with E-state index >= 15 is 0 Å². The average molecular weight is 429 g/mol. The standard InChI is InChI=1S/C20H30F3N5O2/c1-17(2,3)30-16(29)28-19-7-4-18(5-8-19,6-9-19)27-15-10-14(13(24)11-25-15)26-12-20(21,22)23/h10-11H,4-9,12,24H2,1-3H3,(H,28,29)(H2,25,26,27). The maximum Gasteiger partial charge on any atom is 0.408 e. The van der Waals surface area contributed by atoms with Crippen molar-refractivity contribution in [1.29, 1.82) is 0 Å². The zero-order valence-electron chi connectivity index (χ0n) is 17.6. The Bertz CT molecular complexity index is 767. The third-order valence-corrected chi connectivity index (χ3v) is 5.82. The normalized spacial score (nSPS) is 26.2. The van der Waals surface area contributed by atoms with E-state index in [1.807, 2.05) is 20.8 Å². The lowest BCUT2D eigenvalue weighted by Gasteiger charge is -2.53. The van der Waals surface area contributed by atoms with Crippen LogP contribution in [0.5, 0.6) is 0 Å². The van der Waals surface area contributed by atoms with Gasteiger partial charge in [0.15, 0.2) is 0 Å². The Labute approximate surface area is 174 Å². The fourth-order valence-corrected chi connectivity index (χ4v) is 4.24. The maximum absolute atomic E-state index is 12.5. The molecule has 2 bridgehead atoms. The molecule has 3 saturated carbocycles. The summed E-state index contributed by atoms with van der Waals surface area (Å²) in [5.74, 6) is 0.489. The number of pyridine rings is 1. The van der Waals surface area contributed by atoms with Crippen LogP contribution in [-0.4, -0.2) is 40.5 Å². The third kappa shape index (κ3) is 5.60. The summed E-state index contributed by atoms with van der Waals surface area (Å²) in [4.78, 5) is 16.5. The van der Waals surface area contributed by atoms with Gasteiger partial charge >= 0.3 is 12.3 Å². The molecule has 0 unspecified atom stereocenters. The van der Waals surface area contributed by atoms with Crippen LogP contribution in [0.25, 0.3) is 0 Å². The number of alkyl halides is 3. The molecule has 0 atom stereocenters. The van der Waals surface area contributed by atoms with Crippen molar-refractivity contribution in [1.82, 2.24) is 10.3 Å². The largest absolute Gasteiger partial charge is 0.444 e. The highest BCUT2D eigenvalue weighted by atomic mass is 19.4. The number of fused-ring (bicyclic) bond motifs is 3. The minimum absolute atomic E-state index is 0.162. The van der Waals surface area contributed by atoms with Crippen LogP contribution >= 0.6 is 0 Å². The monoisotopic (exact) mass is 429 g/mol. The number of aromatic nitrogens is 1. The predicted octanol–water partition coefficient (Wildman–Crippen LogP) is 4.42. The highest BCUT2D eigenvalue weighted by Gasteiger charge is 2.50. The van der Waals surface area contributed by atoms with Crippen molar-refractivity contribution in [3.05, 3.63) is 12.3 Å². The number of halogens is 3. The van der Waals surface area contributed by atoms with E-state index in [1.165, 1.54) is 12.3 Å². The Morgan fingerprint density at radius 1 is 1.13 bits per heavy atom. The molecule has 0 spiro atoms. The van der Waals surface area contributed by atoms with E-state index in [2.05, 4.69) is 20.9 Å². The van der Waals surface area contributed by atoms with Crippen LogP contribution < -0.4 is 21.7 Å². The van der Waals surface area contributed by atoms with Gasteiger partial charge in [0.05, 0.1) is 17.6 Å². The van der Waals surface area contributed by atoms with Crippen LogP contribution in [0.15, 0.2) is 12.3 Å². The van der Waals surface area contributed by atoms with E-state index in [4.69, 9.17) is 10.5 Å². The molecule has 4 rings (SSSR count). The van der Waals surface area contributed by atoms with Crippen LogP contribution in [0.2, 0.25) is 0 Å². The second-order valence-electron chi connectivity index (χ2n) is 9.44. The number of anilines is 3. The summed E-state index contributed by atoms with van der Waals surface area (Å²) < 4.78 is 42.9. The number of carbonyl (C=O) groups excluding carboxylic acids is 1. The predicted molar refractivity (Wildman–Crippen MR) is 109 cm³/mol. The zero-order chi connectivity index (χ0) is 22.2. The first kappa shape index (κ1) is 22.3. The van der Waals surface area contributed by atoms with Gasteiger partial charge in [0, 0.05) is 17.1 Å². The Hall–Kier alpha value is -2.39. The van der Waals surface area contributed by atoms with Gasteiger partial charge in [0.2, 0.25) is 0 Å². The van der Waals surface area contributed by atoms with Crippen LogP contribution in [-0.2, 0) is 4.74 Å². The number of alkyl carbamates (subject to hydrolysis) is 1. The van der Waals surface area contributed by atoms with Gasteiger partial charge in [0.1, 0.15) is 18.0 Å². The van der Waals surface area contributed by atoms with Crippen molar-refractivity contribution in [2.75, 3.05) is 22.9 Å². The Morgan fingerprint density at radius 2 is 1.70 bits per heavy atom. The smallest absolute Gasteiger partial charge is 0.408 e. The summed E-state index contributed by atoms with van der Waals surface area (Å²) >= 11 is 0. The SMILES string of the molecule is CC(C)(C)OC(=O)NC12CCC(Nc3cc(NCC(F)(F)F)c(N)cn3)(CC1)CC2. The molecular formula is C20H30F3N5O2. The van der Waals surface area contributed by atoms with Crippen LogP contribution in [0.3, 0.4) is 0 Å². The number of nitrogen functional groups attached to an aromatic ring is 1. The lowest BCUT2D eigenvalue weighted by molar-refractivity contribution is -0.115. The van der Waals surface area contributed by atoms with Crippen molar-refractivity contribution in [3.63, 3.8) is 0 Å². The molecule has 3 aliphatic carbocycles. The molecule has 10 heteroatoms. The molecule has 5 N–H and O–H groups in total. The number of nitrogens with one attached hydrogen (secondary N) is 3. The summed E-state index contributed by atoms with van der Waals surface area (Å²) in [6.07, 6.45) is 1.48. The van der Waals surface area contributed by atoms with Crippen LogP contribution in [0.4, 0.5) is 35.2 Å². The fourth-order valence-electron chi connectivity index (χ4n) is 4.24. The summed E-state index contributed by atoms with van der Waals surface area (Å²) in [6.45, 7) is 4.33. The van der Waals surface area contributed by atoms with Gasteiger partial charge in [-0.25, -0.2) is 9.78 Å². The quantitative estimate of drug-likeness (QED) is 0.553. The molecule has 1 amide bonds. The summed E-state index contributed by atoms with van der Waals surface area (Å²) in [5, 5.41) is 8.82. The molecule has 1 aromatic rings. The first-order chi connectivity index (χ1) is 13.8. The van der Waals surface area contributed by atoms with Crippen LogP contribution in [0, 0.1) is 0 Å². The molecule has 1 aromatic heterocycles. The topological polar surface area (TPSA) is 101 Å². The summed E-state index contributed by atoms with van der Waals surface area (Å²) in [5.41, 5.74) is 5.12. The van der Waals surface area contributed by atoms with Crippen LogP contribution in [0.1, 0.15) is 59.3 Å². The van der Waals surface area contributed by atoms with Crippen molar-refractivity contribution in [2.24, 2.45) is 0 Å². The molecule has 0 radical (unpaired) electrons. The molecule has 168 valence electrons. The second-order valence-corrected chi connectivity index (χ2v) is 9.44. The van der Waals surface area contributed by atoms with E-state index in [0.717, 1.165) is 38.5 Å². The maximum atomic E-state index is 12.5. The molecule has 1 heterocycles. The zero-order valence-corrected chi connectivity index (χ0v) is 17.6. The Balaban J connectivity index is 1.62. The Kier molecular flexibility index (Phi) is 5.72. The summed E-state index contributed by atoms with van der Waals surface area (Å²) in [7, 11) is 0. The number of rotatable bonds is 5. The third-order valence-electron chi connectivity index (χ3n) is 5.82. The van der Waals surface area contributed by atoms with Gasteiger partial charge in [-0.2, -0.15) is 13.2 Å². The highest BCUT2D eigenvalue weighted by molar-refractivity contribution is 5.70. The van der Waals surface area contributed by atoms with E-state index in [9.17, 15) is 18.0 Å². The van der Waals surface area contributed by atoms with Gasteiger partial charge in [0.25, 0.3) is 0 Å². The molecule has 0 saturated heterocycles. The molecule has 3 aliphatic rings. The number of nitrogens with zero attached hydrogens (tertiary/aromatic N) is 1. The number of carbonyl (C=O) groups is 1.